The van der Waals surface area contributed by atoms with Crippen molar-refractivity contribution in [2.45, 2.75) is 12.8 Å². The predicted molar refractivity (Wildman–Crippen MR) is 75.8 cm³/mol. The molecule has 1 aromatic rings. The Labute approximate surface area is 119 Å². The number of nitrogens with zero attached hydrogens (tertiary/aromatic N) is 2. The normalized spacial score (nSPS) is 17.6. The van der Waals surface area contributed by atoms with Gasteiger partial charge in [-0.05, 0) is 31.8 Å². The van der Waals surface area contributed by atoms with Crippen molar-refractivity contribution in [1.29, 1.82) is 0 Å². The van der Waals surface area contributed by atoms with E-state index < -0.39 is 0 Å². The van der Waals surface area contributed by atoms with Gasteiger partial charge in [-0.15, -0.1) is 0 Å². The summed E-state index contributed by atoms with van der Waals surface area (Å²) in [5, 5.41) is 0.583. The number of rotatable bonds is 6. The molecule has 0 amide bonds. The molecular weight excluding hydrogens is 264 g/mol. The molecule has 1 saturated heterocycles. The van der Waals surface area contributed by atoms with Crippen molar-refractivity contribution in [1.82, 2.24) is 9.88 Å². The summed E-state index contributed by atoms with van der Waals surface area (Å²) in [6.45, 7) is 4.83. The predicted octanol–water partition coefficient (Wildman–Crippen LogP) is 2.47. The summed E-state index contributed by atoms with van der Waals surface area (Å²) in [7, 11) is 1.75. The SMILES string of the molecule is COCCN1CCC(COc2ccncc2Cl)CC1. The van der Waals surface area contributed by atoms with Gasteiger partial charge in [0, 0.05) is 32.1 Å². The summed E-state index contributed by atoms with van der Waals surface area (Å²) >= 11 is 6.01. The number of halogens is 1. The Bertz CT molecular complexity index is 381. The third-order valence-electron chi connectivity index (χ3n) is 3.53. The summed E-state index contributed by atoms with van der Waals surface area (Å²) in [6, 6.07) is 1.82. The van der Waals surface area contributed by atoms with Crippen LogP contribution in [0.2, 0.25) is 5.02 Å². The van der Waals surface area contributed by atoms with E-state index in [1.54, 1.807) is 19.5 Å². The van der Waals surface area contributed by atoms with Gasteiger partial charge >= 0.3 is 0 Å². The molecule has 106 valence electrons. The topological polar surface area (TPSA) is 34.6 Å². The molecule has 0 aromatic carbocycles. The number of hydrogen-bond donors (Lipinski definition) is 0. The molecule has 0 spiro atoms. The Morgan fingerprint density at radius 1 is 1.42 bits per heavy atom. The first-order valence-corrected chi connectivity index (χ1v) is 7.11. The lowest BCUT2D eigenvalue weighted by Gasteiger charge is -2.31. The Morgan fingerprint density at radius 3 is 2.89 bits per heavy atom. The first-order chi connectivity index (χ1) is 9.29. The Hall–Kier alpha value is -0.840. The molecule has 1 fully saturated rings. The molecule has 0 bridgehead atoms. The Kier molecular flexibility index (Phi) is 5.89. The lowest BCUT2D eigenvalue weighted by molar-refractivity contribution is 0.105. The van der Waals surface area contributed by atoms with E-state index in [2.05, 4.69) is 9.88 Å². The summed E-state index contributed by atoms with van der Waals surface area (Å²) in [5.74, 6) is 1.35. The fraction of sp³-hybridized carbons (Fsp3) is 0.643. The standard InChI is InChI=1S/C14H21ClN2O2/c1-18-9-8-17-6-3-12(4-7-17)11-19-14-2-5-16-10-13(14)15/h2,5,10,12H,3-4,6-9,11H2,1H3. The fourth-order valence-electron chi connectivity index (χ4n) is 2.28. The second kappa shape index (κ2) is 7.68. The quantitative estimate of drug-likeness (QED) is 0.804. The van der Waals surface area contributed by atoms with E-state index in [1.807, 2.05) is 6.07 Å². The van der Waals surface area contributed by atoms with Crippen molar-refractivity contribution in [3.05, 3.63) is 23.5 Å². The molecule has 2 heterocycles. The summed E-state index contributed by atoms with van der Waals surface area (Å²) in [6.07, 6.45) is 5.66. The third kappa shape index (κ3) is 4.64. The number of aromatic nitrogens is 1. The molecule has 5 heteroatoms. The number of hydrogen-bond acceptors (Lipinski definition) is 4. The minimum Gasteiger partial charge on any atom is -0.492 e. The molecule has 0 atom stereocenters. The highest BCUT2D eigenvalue weighted by atomic mass is 35.5. The van der Waals surface area contributed by atoms with Gasteiger partial charge in [0.1, 0.15) is 10.8 Å². The zero-order chi connectivity index (χ0) is 13.5. The van der Waals surface area contributed by atoms with E-state index in [4.69, 9.17) is 21.1 Å². The van der Waals surface area contributed by atoms with Gasteiger partial charge in [-0.25, -0.2) is 0 Å². The molecule has 19 heavy (non-hydrogen) atoms. The van der Waals surface area contributed by atoms with E-state index in [0.29, 0.717) is 10.9 Å². The zero-order valence-corrected chi connectivity index (χ0v) is 12.1. The van der Waals surface area contributed by atoms with Gasteiger partial charge in [-0.2, -0.15) is 0 Å². The minimum atomic E-state index is 0.583. The highest BCUT2D eigenvalue weighted by Crippen LogP contribution is 2.24. The largest absolute Gasteiger partial charge is 0.492 e. The van der Waals surface area contributed by atoms with Crippen LogP contribution >= 0.6 is 11.6 Å². The van der Waals surface area contributed by atoms with Gasteiger partial charge < -0.3 is 14.4 Å². The van der Waals surface area contributed by atoms with Crippen molar-refractivity contribution in [3.63, 3.8) is 0 Å². The Balaban J connectivity index is 1.70. The van der Waals surface area contributed by atoms with Crippen molar-refractivity contribution < 1.29 is 9.47 Å². The van der Waals surface area contributed by atoms with Crippen LogP contribution in [0.4, 0.5) is 0 Å². The number of piperidine rings is 1. The van der Waals surface area contributed by atoms with Gasteiger partial charge in [0.05, 0.1) is 13.2 Å². The van der Waals surface area contributed by atoms with Gasteiger partial charge in [0.15, 0.2) is 0 Å². The number of likely N-dealkylation sites (tertiary alicyclic amines) is 1. The van der Waals surface area contributed by atoms with Gasteiger partial charge in [0.2, 0.25) is 0 Å². The van der Waals surface area contributed by atoms with Crippen molar-refractivity contribution >= 4 is 11.6 Å². The molecule has 1 aliphatic rings. The second-order valence-electron chi connectivity index (χ2n) is 4.89. The molecule has 0 radical (unpaired) electrons. The molecule has 0 saturated carbocycles. The summed E-state index contributed by atoms with van der Waals surface area (Å²) < 4.78 is 10.9. The lowest BCUT2D eigenvalue weighted by atomic mass is 9.98. The van der Waals surface area contributed by atoms with Crippen molar-refractivity contribution in [3.8, 4) is 5.75 Å². The maximum Gasteiger partial charge on any atom is 0.141 e. The molecule has 4 nitrogen and oxygen atoms in total. The minimum absolute atomic E-state index is 0.583. The molecule has 1 aliphatic heterocycles. The van der Waals surface area contributed by atoms with Crippen LogP contribution in [0.3, 0.4) is 0 Å². The van der Waals surface area contributed by atoms with Gasteiger partial charge in [0.25, 0.3) is 0 Å². The van der Waals surface area contributed by atoms with Crippen LogP contribution in [0.5, 0.6) is 5.75 Å². The van der Waals surface area contributed by atoms with Crippen LogP contribution in [0.15, 0.2) is 18.5 Å². The molecular formula is C14H21ClN2O2. The second-order valence-corrected chi connectivity index (χ2v) is 5.30. The van der Waals surface area contributed by atoms with E-state index >= 15 is 0 Å². The van der Waals surface area contributed by atoms with Crippen molar-refractivity contribution in [2.75, 3.05) is 40.0 Å². The molecule has 1 aromatic heterocycles. The maximum absolute atomic E-state index is 6.01. The summed E-state index contributed by atoms with van der Waals surface area (Å²) in [4.78, 5) is 6.39. The van der Waals surface area contributed by atoms with E-state index in [9.17, 15) is 0 Å². The highest BCUT2D eigenvalue weighted by molar-refractivity contribution is 6.31. The Morgan fingerprint density at radius 2 is 2.21 bits per heavy atom. The lowest BCUT2D eigenvalue weighted by Crippen LogP contribution is -2.37. The fourth-order valence-corrected chi connectivity index (χ4v) is 2.46. The molecule has 2 rings (SSSR count). The summed E-state index contributed by atoms with van der Waals surface area (Å²) in [5.41, 5.74) is 0. The van der Waals surface area contributed by atoms with E-state index in [1.165, 1.54) is 12.8 Å². The highest BCUT2D eigenvalue weighted by Gasteiger charge is 2.19. The average Bonchev–Trinajstić information content (AvgIpc) is 2.45. The van der Waals surface area contributed by atoms with Crippen molar-refractivity contribution in [2.24, 2.45) is 5.92 Å². The van der Waals surface area contributed by atoms with Crippen LogP contribution in [0.1, 0.15) is 12.8 Å². The third-order valence-corrected chi connectivity index (χ3v) is 3.81. The van der Waals surface area contributed by atoms with Gasteiger partial charge in [-0.3, -0.25) is 4.98 Å². The monoisotopic (exact) mass is 284 g/mol. The maximum atomic E-state index is 6.01. The smallest absolute Gasteiger partial charge is 0.141 e. The van der Waals surface area contributed by atoms with Crippen LogP contribution in [0.25, 0.3) is 0 Å². The molecule has 0 N–H and O–H groups in total. The van der Waals surface area contributed by atoms with E-state index in [-0.39, 0.29) is 0 Å². The van der Waals surface area contributed by atoms with E-state index in [0.717, 1.165) is 38.6 Å². The number of pyridine rings is 1. The van der Waals surface area contributed by atoms with Crippen LogP contribution in [0, 0.1) is 5.92 Å². The number of methoxy groups -OCH3 is 1. The van der Waals surface area contributed by atoms with Crippen LogP contribution in [-0.2, 0) is 4.74 Å². The number of ether oxygens (including phenoxy) is 2. The van der Waals surface area contributed by atoms with Gasteiger partial charge in [-0.1, -0.05) is 11.6 Å². The average molecular weight is 285 g/mol. The molecule has 0 aliphatic carbocycles. The molecule has 0 unspecified atom stereocenters. The first kappa shape index (κ1) is 14.6. The van der Waals surface area contributed by atoms with Crippen LogP contribution < -0.4 is 4.74 Å². The first-order valence-electron chi connectivity index (χ1n) is 6.73. The zero-order valence-electron chi connectivity index (χ0n) is 11.3. The van der Waals surface area contributed by atoms with Crippen LogP contribution in [-0.4, -0.2) is 49.8 Å².